The summed E-state index contributed by atoms with van der Waals surface area (Å²) >= 11 is 0. The molecule has 1 heterocycles. The van der Waals surface area contributed by atoms with Crippen LogP contribution in [0.5, 0.6) is 5.75 Å². The van der Waals surface area contributed by atoms with Crippen LogP contribution >= 0.6 is 0 Å². The molecule has 3 rings (SSSR count). The minimum Gasteiger partial charge on any atom is -0.508 e. The van der Waals surface area contributed by atoms with E-state index in [9.17, 15) is 39.2 Å². The van der Waals surface area contributed by atoms with Crippen LogP contribution in [0.3, 0.4) is 0 Å². The molecule has 1 fully saturated rings. The van der Waals surface area contributed by atoms with Crippen molar-refractivity contribution in [3.63, 3.8) is 0 Å². The molecule has 3 atom stereocenters. The number of aromatic hydroxyl groups is 1. The third kappa shape index (κ3) is 7.23. The lowest BCUT2D eigenvalue weighted by molar-refractivity contribution is -0.384. The number of carbonyl (C=O) groups excluding carboxylic acids is 5. The summed E-state index contributed by atoms with van der Waals surface area (Å²) in [7, 11) is 0. The summed E-state index contributed by atoms with van der Waals surface area (Å²) in [5.74, 6) is -4.86. The van der Waals surface area contributed by atoms with Crippen LogP contribution in [0.25, 0.3) is 0 Å². The van der Waals surface area contributed by atoms with E-state index in [1.807, 2.05) is 13.8 Å². The summed E-state index contributed by atoms with van der Waals surface area (Å²) in [6, 6.07) is 8.67. The Hall–Kier alpha value is -4.65. The molecule has 0 aliphatic carbocycles. The van der Waals surface area contributed by atoms with E-state index < -0.39 is 57.9 Å². The molecule has 1 aliphatic heterocycles. The average molecular weight is 596 g/mol. The maximum atomic E-state index is 14.2. The second-order valence-electron chi connectivity index (χ2n) is 11.3. The summed E-state index contributed by atoms with van der Waals surface area (Å²) in [6.07, 6.45) is -0.379. The maximum absolute atomic E-state index is 14.2. The van der Waals surface area contributed by atoms with Crippen LogP contribution in [0.15, 0.2) is 48.5 Å². The highest BCUT2D eigenvalue weighted by Gasteiger charge is 2.60. The number of rotatable bonds is 11. The molecule has 0 unspecified atom stereocenters. The average Bonchev–Trinajstić information content (AvgIpc) is 2.94. The lowest BCUT2D eigenvalue weighted by Crippen LogP contribution is -2.72. The highest BCUT2D eigenvalue weighted by atomic mass is 16.6. The molecule has 1 aliphatic rings. The Labute approximate surface area is 249 Å². The Kier molecular flexibility index (Phi) is 10.4. The number of non-ortho nitro benzene ring substituents is 1. The molecule has 0 aromatic heterocycles. The number of nitrogens with two attached hydrogens (primary N) is 1. The first-order valence-corrected chi connectivity index (χ1v) is 14.0. The van der Waals surface area contributed by atoms with Crippen LogP contribution < -0.4 is 16.4 Å². The second-order valence-corrected chi connectivity index (χ2v) is 11.3. The molecule has 13 nitrogen and oxygen atoms in total. The molecular formula is C30H37N5O8. The van der Waals surface area contributed by atoms with Crippen molar-refractivity contribution in [3.8, 4) is 5.75 Å². The van der Waals surface area contributed by atoms with E-state index in [2.05, 4.69) is 10.6 Å². The van der Waals surface area contributed by atoms with Crippen molar-refractivity contribution in [2.24, 2.45) is 17.6 Å². The van der Waals surface area contributed by atoms with Crippen molar-refractivity contribution in [1.29, 1.82) is 0 Å². The highest BCUT2D eigenvalue weighted by Crippen LogP contribution is 2.36. The summed E-state index contributed by atoms with van der Waals surface area (Å²) < 4.78 is 0. The predicted molar refractivity (Wildman–Crippen MR) is 157 cm³/mol. The number of carbonyl (C=O) groups is 5. The number of benzene rings is 2. The molecule has 2 aromatic carbocycles. The van der Waals surface area contributed by atoms with Gasteiger partial charge in [0.1, 0.15) is 11.8 Å². The van der Waals surface area contributed by atoms with E-state index in [0.717, 1.165) is 0 Å². The molecule has 43 heavy (non-hydrogen) atoms. The van der Waals surface area contributed by atoms with Crippen molar-refractivity contribution >= 4 is 40.8 Å². The van der Waals surface area contributed by atoms with Gasteiger partial charge in [-0.25, -0.2) is 0 Å². The fourth-order valence-electron chi connectivity index (χ4n) is 5.21. The first-order valence-electron chi connectivity index (χ1n) is 14.0. The number of hydrogen-bond donors (Lipinski definition) is 4. The predicted octanol–water partition coefficient (Wildman–Crippen LogP) is 2.45. The Bertz CT molecular complexity index is 1390. The topological polar surface area (TPSA) is 202 Å². The lowest BCUT2D eigenvalue weighted by atomic mass is 9.74. The summed E-state index contributed by atoms with van der Waals surface area (Å²) in [6.45, 7) is 6.69. The van der Waals surface area contributed by atoms with E-state index in [0.29, 0.717) is 10.5 Å². The van der Waals surface area contributed by atoms with Gasteiger partial charge in [-0.3, -0.25) is 39.0 Å². The molecule has 0 saturated carbocycles. The molecule has 13 heteroatoms. The van der Waals surface area contributed by atoms with Gasteiger partial charge in [0, 0.05) is 30.7 Å². The lowest BCUT2D eigenvalue weighted by Gasteiger charge is -2.46. The van der Waals surface area contributed by atoms with E-state index in [1.54, 1.807) is 12.1 Å². The fraction of sp³-hybridized carbons (Fsp3) is 0.433. The molecule has 0 bridgehead atoms. The Balaban J connectivity index is 1.95. The zero-order valence-electron chi connectivity index (χ0n) is 24.5. The van der Waals surface area contributed by atoms with E-state index >= 15 is 0 Å². The first-order chi connectivity index (χ1) is 20.2. The van der Waals surface area contributed by atoms with Crippen LogP contribution in [-0.4, -0.2) is 62.0 Å². The van der Waals surface area contributed by atoms with Gasteiger partial charge in [0.15, 0.2) is 11.3 Å². The van der Waals surface area contributed by atoms with Gasteiger partial charge >= 0.3 is 0 Å². The van der Waals surface area contributed by atoms with Crippen LogP contribution in [0.4, 0.5) is 11.4 Å². The summed E-state index contributed by atoms with van der Waals surface area (Å²) in [5, 5.41) is 25.7. The second kappa shape index (κ2) is 13.6. The fourth-order valence-corrected chi connectivity index (χ4v) is 5.21. The smallest absolute Gasteiger partial charge is 0.269 e. The SMILES string of the molecule is CC(C)C[C@@H](NC(=O)[C@@H](N)Cc1ccc(O)cc1)C(=O)N1C(=O)CCC(=O)[C@]1(C(=O)Nc1ccc([N+](=O)[O-])cc1)C(C)C. The Morgan fingerprint density at radius 2 is 1.63 bits per heavy atom. The van der Waals surface area contributed by atoms with Crippen molar-refractivity contribution in [2.45, 2.75) is 71.0 Å². The highest BCUT2D eigenvalue weighted by molar-refractivity contribution is 6.23. The van der Waals surface area contributed by atoms with Crippen LogP contribution in [0.1, 0.15) is 52.5 Å². The number of hydrogen-bond acceptors (Lipinski definition) is 9. The zero-order valence-corrected chi connectivity index (χ0v) is 24.5. The quantitative estimate of drug-likeness (QED) is 0.171. The van der Waals surface area contributed by atoms with Gasteiger partial charge in [0.2, 0.25) is 11.8 Å². The number of nitro benzene ring substituents is 1. The number of piperidine rings is 1. The third-order valence-electron chi connectivity index (χ3n) is 7.38. The van der Waals surface area contributed by atoms with Crippen molar-refractivity contribution < 1.29 is 34.0 Å². The van der Waals surface area contributed by atoms with Crippen LogP contribution in [0, 0.1) is 22.0 Å². The number of amides is 4. The van der Waals surface area contributed by atoms with Gasteiger partial charge in [0.05, 0.1) is 11.0 Å². The number of Topliss-reactive ketones (excluding diaryl/α,β-unsaturated/α-hetero) is 1. The first kappa shape index (κ1) is 32.9. The molecule has 0 spiro atoms. The monoisotopic (exact) mass is 595 g/mol. The van der Waals surface area contributed by atoms with Gasteiger partial charge < -0.3 is 21.5 Å². The number of phenols is 1. The van der Waals surface area contributed by atoms with Gasteiger partial charge in [0.25, 0.3) is 17.5 Å². The number of nitro groups is 1. The molecular weight excluding hydrogens is 558 g/mol. The normalized spacial score (nSPS) is 18.3. The van der Waals surface area contributed by atoms with Crippen molar-refractivity contribution in [2.75, 3.05) is 5.32 Å². The van der Waals surface area contributed by atoms with Gasteiger partial charge in [-0.05, 0) is 54.5 Å². The number of nitrogens with zero attached hydrogens (tertiary/aromatic N) is 2. The van der Waals surface area contributed by atoms with Gasteiger partial charge in [-0.2, -0.15) is 0 Å². The Morgan fingerprint density at radius 3 is 2.16 bits per heavy atom. The zero-order chi connectivity index (χ0) is 32.1. The minimum atomic E-state index is -2.23. The molecule has 230 valence electrons. The van der Waals surface area contributed by atoms with Crippen LogP contribution in [-0.2, 0) is 30.4 Å². The van der Waals surface area contributed by atoms with E-state index in [-0.39, 0.29) is 48.7 Å². The van der Waals surface area contributed by atoms with E-state index in [1.165, 1.54) is 50.2 Å². The number of nitrogens with one attached hydrogen (secondary N) is 2. The molecule has 4 amide bonds. The van der Waals surface area contributed by atoms with Gasteiger partial charge in [-0.15, -0.1) is 0 Å². The van der Waals surface area contributed by atoms with Crippen molar-refractivity contribution in [3.05, 3.63) is 64.2 Å². The number of imide groups is 1. The standard InChI is InChI=1S/C30H37N5O8/c1-17(2)15-24(33-27(39)23(31)16-19-5-11-22(36)12-6-19)28(40)34-26(38)14-13-25(37)30(34,18(3)4)29(41)32-20-7-9-21(10-8-20)35(42)43/h5-12,17-18,23-24,36H,13-16,31H2,1-4H3,(H,32,41)(H,33,39)/t23-,24+,30-/m0/s1. The summed E-state index contributed by atoms with van der Waals surface area (Å²) in [5.41, 5.74) is 4.48. The molecule has 1 saturated heterocycles. The van der Waals surface area contributed by atoms with Crippen LogP contribution in [0.2, 0.25) is 0 Å². The minimum absolute atomic E-state index is 0.0522. The molecule has 5 N–H and O–H groups in total. The van der Waals surface area contributed by atoms with E-state index in [4.69, 9.17) is 5.73 Å². The van der Waals surface area contributed by atoms with Gasteiger partial charge in [-0.1, -0.05) is 39.8 Å². The number of anilines is 1. The maximum Gasteiger partial charge on any atom is 0.269 e. The Morgan fingerprint density at radius 1 is 1.02 bits per heavy atom. The third-order valence-corrected chi connectivity index (χ3v) is 7.38. The summed E-state index contributed by atoms with van der Waals surface area (Å²) in [4.78, 5) is 79.3. The van der Waals surface area contributed by atoms with Crippen molar-refractivity contribution in [1.82, 2.24) is 10.2 Å². The molecule has 0 radical (unpaired) electrons. The number of likely N-dealkylation sites (tertiary alicyclic amines) is 1. The number of phenolic OH excluding ortho intramolecular Hbond substituents is 1. The largest absolute Gasteiger partial charge is 0.508 e. The molecule has 2 aromatic rings. The number of ketones is 1.